The normalized spacial score (nSPS) is 9.89. The van der Waals surface area contributed by atoms with Gasteiger partial charge in [0, 0.05) is 30.8 Å². The number of hydrogen-bond donors (Lipinski definition) is 2. The van der Waals surface area contributed by atoms with Gasteiger partial charge in [0.05, 0.1) is 0 Å². The quantitative estimate of drug-likeness (QED) is 0.618. The zero-order valence-electron chi connectivity index (χ0n) is 15.8. The average Bonchev–Trinajstić information content (AvgIpc) is 2.60. The molecule has 2 aromatic carbocycles. The number of likely N-dealkylation sites (N-methyl/N-ethyl adjacent to an activating group) is 1. The number of rotatable bonds is 9. The maximum Gasteiger partial charge on any atom is 0.220 e. The van der Waals surface area contributed by atoms with Crippen molar-refractivity contribution in [3.05, 3.63) is 59.7 Å². The number of carbonyl (C=O) groups excluding carboxylic acids is 1. The number of benzene rings is 2. The molecule has 5 nitrogen and oxygen atoms in total. The van der Waals surface area contributed by atoms with Gasteiger partial charge in [0.1, 0.15) is 12.4 Å². The SMILES string of the molecule is CN(C)CCOc1ccccc1CNC(=O)CCc1ccccc1N.Cl.Cl. The zero-order valence-corrected chi connectivity index (χ0v) is 17.4. The summed E-state index contributed by atoms with van der Waals surface area (Å²) in [5.41, 5.74) is 8.62. The zero-order chi connectivity index (χ0) is 18.1. The van der Waals surface area contributed by atoms with Gasteiger partial charge in [0.15, 0.2) is 0 Å². The van der Waals surface area contributed by atoms with Crippen LogP contribution < -0.4 is 15.8 Å². The van der Waals surface area contributed by atoms with Crippen LogP contribution in [0.5, 0.6) is 5.75 Å². The maximum absolute atomic E-state index is 12.1. The number of anilines is 1. The number of nitrogens with two attached hydrogens (primary N) is 1. The summed E-state index contributed by atoms with van der Waals surface area (Å²) in [5, 5.41) is 2.96. The van der Waals surface area contributed by atoms with E-state index >= 15 is 0 Å². The topological polar surface area (TPSA) is 67.6 Å². The molecule has 1 amide bonds. The Morgan fingerprint density at radius 1 is 1.04 bits per heavy atom. The van der Waals surface area contributed by atoms with E-state index in [1.54, 1.807) is 0 Å². The summed E-state index contributed by atoms with van der Waals surface area (Å²) in [7, 11) is 4.02. The molecule has 0 aliphatic carbocycles. The van der Waals surface area contributed by atoms with Crippen molar-refractivity contribution in [1.82, 2.24) is 10.2 Å². The number of hydrogen-bond acceptors (Lipinski definition) is 4. The van der Waals surface area contributed by atoms with E-state index in [2.05, 4.69) is 10.2 Å². The largest absolute Gasteiger partial charge is 0.492 e. The van der Waals surface area contributed by atoms with Crippen LogP contribution >= 0.6 is 24.8 Å². The number of nitrogens with one attached hydrogen (secondary N) is 1. The van der Waals surface area contributed by atoms with Crippen LogP contribution in [0.3, 0.4) is 0 Å². The van der Waals surface area contributed by atoms with E-state index < -0.39 is 0 Å². The lowest BCUT2D eigenvalue weighted by Gasteiger charge is -2.14. The van der Waals surface area contributed by atoms with E-state index in [1.165, 1.54) is 0 Å². The number of carbonyl (C=O) groups is 1. The first-order valence-electron chi connectivity index (χ1n) is 8.52. The molecule has 0 bridgehead atoms. The molecule has 0 aromatic heterocycles. The molecule has 0 atom stereocenters. The molecule has 0 aliphatic rings. The van der Waals surface area contributed by atoms with Crippen LogP contribution in [0.4, 0.5) is 5.69 Å². The molecular formula is C20H29Cl2N3O2. The second-order valence-electron chi connectivity index (χ2n) is 6.24. The van der Waals surface area contributed by atoms with E-state index in [1.807, 2.05) is 62.6 Å². The highest BCUT2D eigenvalue weighted by Gasteiger charge is 2.07. The molecule has 0 unspecified atom stereocenters. The highest BCUT2D eigenvalue weighted by Crippen LogP contribution is 2.18. The van der Waals surface area contributed by atoms with Crippen molar-refractivity contribution in [3.63, 3.8) is 0 Å². The minimum absolute atomic E-state index is 0. The first-order chi connectivity index (χ1) is 12.1. The van der Waals surface area contributed by atoms with Crippen molar-refractivity contribution in [1.29, 1.82) is 0 Å². The lowest BCUT2D eigenvalue weighted by atomic mass is 10.1. The fourth-order valence-electron chi connectivity index (χ4n) is 2.42. The monoisotopic (exact) mass is 413 g/mol. The Morgan fingerprint density at radius 2 is 1.67 bits per heavy atom. The van der Waals surface area contributed by atoms with Crippen LogP contribution in [-0.2, 0) is 17.8 Å². The Kier molecular flexibility index (Phi) is 12.3. The highest BCUT2D eigenvalue weighted by molar-refractivity contribution is 5.85. The number of nitrogens with zero attached hydrogens (tertiary/aromatic N) is 1. The number of ether oxygens (including phenoxy) is 1. The van der Waals surface area contributed by atoms with Crippen molar-refractivity contribution in [2.24, 2.45) is 0 Å². The molecule has 150 valence electrons. The van der Waals surface area contributed by atoms with Gasteiger partial charge >= 0.3 is 0 Å². The van der Waals surface area contributed by atoms with Crippen LogP contribution in [0.25, 0.3) is 0 Å². The maximum atomic E-state index is 12.1. The molecule has 0 fully saturated rings. The van der Waals surface area contributed by atoms with Crippen molar-refractivity contribution in [2.45, 2.75) is 19.4 Å². The Hall–Kier alpha value is -1.95. The average molecular weight is 414 g/mol. The van der Waals surface area contributed by atoms with E-state index in [9.17, 15) is 4.79 Å². The van der Waals surface area contributed by atoms with E-state index in [4.69, 9.17) is 10.5 Å². The summed E-state index contributed by atoms with van der Waals surface area (Å²) in [4.78, 5) is 14.2. The van der Waals surface area contributed by atoms with Gasteiger partial charge in [-0.2, -0.15) is 0 Å². The van der Waals surface area contributed by atoms with Gasteiger partial charge in [-0.1, -0.05) is 36.4 Å². The molecule has 7 heteroatoms. The Labute approximate surface area is 174 Å². The molecule has 0 spiro atoms. The molecule has 2 rings (SSSR count). The van der Waals surface area contributed by atoms with Gasteiger partial charge in [-0.05, 0) is 38.2 Å². The van der Waals surface area contributed by atoms with E-state index in [0.717, 1.165) is 29.1 Å². The Bertz CT molecular complexity index is 696. The number of amides is 1. The molecular weight excluding hydrogens is 385 g/mol. The van der Waals surface area contributed by atoms with Gasteiger partial charge in [-0.25, -0.2) is 0 Å². The van der Waals surface area contributed by atoms with E-state index in [-0.39, 0.29) is 30.7 Å². The lowest BCUT2D eigenvalue weighted by Crippen LogP contribution is -2.24. The fourth-order valence-corrected chi connectivity index (χ4v) is 2.42. The van der Waals surface area contributed by atoms with Crippen molar-refractivity contribution >= 4 is 36.4 Å². The molecule has 0 saturated heterocycles. The third-order valence-electron chi connectivity index (χ3n) is 3.92. The predicted octanol–water partition coefficient (Wildman–Crippen LogP) is 3.30. The van der Waals surface area contributed by atoms with Gasteiger partial charge in [-0.15, -0.1) is 24.8 Å². The van der Waals surface area contributed by atoms with Gasteiger partial charge in [0.25, 0.3) is 0 Å². The summed E-state index contributed by atoms with van der Waals surface area (Å²) in [6.07, 6.45) is 1.05. The summed E-state index contributed by atoms with van der Waals surface area (Å²) in [5.74, 6) is 0.823. The second kappa shape index (κ2) is 13.3. The number of aryl methyl sites for hydroxylation is 1. The highest BCUT2D eigenvalue weighted by atomic mass is 35.5. The standard InChI is InChI=1S/C20H27N3O2.2ClH/c1-23(2)13-14-25-19-10-6-4-8-17(19)15-22-20(24)12-11-16-7-3-5-9-18(16)21;;/h3-10H,11-15,21H2,1-2H3,(H,22,24);2*1H. The van der Waals surface area contributed by atoms with Crippen LogP contribution in [0.2, 0.25) is 0 Å². The Morgan fingerprint density at radius 3 is 2.33 bits per heavy atom. The molecule has 0 saturated carbocycles. The smallest absolute Gasteiger partial charge is 0.220 e. The van der Waals surface area contributed by atoms with Crippen molar-refractivity contribution in [3.8, 4) is 5.75 Å². The summed E-state index contributed by atoms with van der Waals surface area (Å²) >= 11 is 0. The molecule has 0 radical (unpaired) electrons. The molecule has 2 aromatic rings. The molecule has 0 aliphatic heterocycles. The summed E-state index contributed by atoms with van der Waals surface area (Å²) < 4.78 is 5.82. The number of para-hydroxylation sites is 2. The van der Waals surface area contributed by atoms with Crippen LogP contribution in [0, 0.1) is 0 Å². The second-order valence-corrected chi connectivity index (χ2v) is 6.24. The summed E-state index contributed by atoms with van der Waals surface area (Å²) in [6.45, 7) is 1.92. The van der Waals surface area contributed by atoms with E-state index in [0.29, 0.717) is 26.0 Å². The molecule has 0 heterocycles. The van der Waals surface area contributed by atoms with Gasteiger partial charge in [-0.3, -0.25) is 4.79 Å². The van der Waals surface area contributed by atoms with Gasteiger partial charge < -0.3 is 20.7 Å². The third-order valence-corrected chi connectivity index (χ3v) is 3.92. The summed E-state index contributed by atoms with van der Waals surface area (Å²) in [6, 6.07) is 15.4. The third kappa shape index (κ3) is 9.00. The minimum Gasteiger partial charge on any atom is -0.492 e. The van der Waals surface area contributed by atoms with Crippen LogP contribution in [0.1, 0.15) is 17.5 Å². The van der Waals surface area contributed by atoms with Gasteiger partial charge in [0.2, 0.25) is 5.91 Å². The first-order valence-corrected chi connectivity index (χ1v) is 8.52. The Balaban J connectivity index is 0.00000338. The predicted molar refractivity (Wildman–Crippen MR) is 116 cm³/mol. The first kappa shape index (κ1) is 25.1. The fraction of sp³-hybridized carbons (Fsp3) is 0.350. The minimum atomic E-state index is 0. The lowest BCUT2D eigenvalue weighted by molar-refractivity contribution is -0.121. The van der Waals surface area contributed by atoms with Crippen LogP contribution in [0.15, 0.2) is 48.5 Å². The van der Waals surface area contributed by atoms with Crippen LogP contribution in [-0.4, -0.2) is 38.1 Å². The number of halogens is 2. The molecule has 27 heavy (non-hydrogen) atoms. The van der Waals surface area contributed by atoms with Crippen molar-refractivity contribution in [2.75, 3.05) is 33.0 Å². The molecule has 3 N–H and O–H groups in total. The van der Waals surface area contributed by atoms with Crippen molar-refractivity contribution < 1.29 is 9.53 Å². The number of nitrogen functional groups attached to an aromatic ring is 1.